The van der Waals surface area contributed by atoms with Gasteiger partial charge in [-0.3, -0.25) is 4.79 Å². The van der Waals surface area contributed by atoms with E-state index in [9.17, 15) is 19.1 Å². The summed E-state index contributed by atoms with van der Waals surface area (Å²) >= 11 is 0. The van der Waals surface area contributed by atoms with Gasteiger partial charge < -0.3 is 24.2 Å². The van der Waals surface area contributed by atoms with Crippen molar-refractivity contribution < 1.29 is 33.3 Å². The number of benzene rings is 3. The summed E-state index contributed by atoms with van der Waals surface area (Å²) in [6, 6.07) is 18.7. The zero-order chi connectivity index (χ0) is 23.2. The van der Waals surface area contributed by atoms with E-state index in [1.807, 2.05) is 42.5 Å². The van der Waals surface area contributed by atoms with Crippen LogP contribution >= 0.6 is 0 Å². The number of hydrogen-bond acceptors (Lipinski definition) is 5. The minimum atomic E-state index is -1.33. The number of fused-ring (bicyclic) bond motifs is 1. The minimum absolute atomic E-state index is 0.151. The summed E-state index contributed by atoms with van der Waals surface area (Å²) in [5, 5.41) is 9.28. The zero-order valence-corrected chi connectivity index (χ0v) is 17.7. The summed E-state index contributed by atoms with van der Waals surface area (Å²) in [7, 11) is 0. The Labute approximate surface area is 189 Å². The van der Waals surface area contributed by atoms with Crippen molar-refractivity contribution in [1.82, 2.24) is 4.90 Å². The Kier molecular flexibility index (Phi) is 6.73. The van der Waals surface area contributed by atoms with E-state index in [2.05, 4.69) is 0 Å². The summed E-state index contributed by atoms with van der Waals surface area (Å²) in [5.74, 6) is -1.78. The minimum Gasteiger partial charge on any atom is -0.480 e. The molecule has 0 saturated carbocycles. The van der Waals surface area contributed by atoms with Gasteiger partial charge in [0.25, 0.3) is 5.91 Å². The number of carboxylic acid groups (broad SMARTS) is 1. The highest BCUT2D eigenvalue weighted by Crippen LogP contribution is 2.33. The van der Waals surface area contributed by atoms with Gasteiger partial charge in [-0.05, 0) is 41.8 Å². The highest BCUT2D eigenvalue weighted by molar-refractivity contribution is 5.91. The first-order chi connectivity index (χ1) is 16.0. The molecule has 0 aliphatic carbocycles. The Hall–Kier alpha value is -4.07. The Balaban J connectivity index is 1.49. The topological polar surface area (TPSA) is 85.3 Å². The molecule has 1 aliphatic heterocycles. The molecule has 1 heterocycles. The molecule has 8 heteroatoms. The highest BCUT2D eigenvalue weighted by Gasteiger charge is 2.21. The van der Waals surface area contributed by atoms with Crippen molar-refractivity contribution in [2.24, 2.45) is 0 Å². The van der Waals surface area contributed by atoms with E-state index in [0.717, 1.165) is 17.2 Å². The predicted octanol–water partition coefficient (Wildman–Crippen LogP) is 3.90. The van der Waals surface area contributed by atoms with Crippen LogP contribution in [0.4, 0.5) is 4.39 Å². The van der Waals surface area contributed by atoms with Crippen LogP contribution < -0.4 is 14.2 Å². The lowest BCUT2D eigenvalue weighted by molar-refractivity contribution is -0.134. The van der Waals surface area contributed by atoms with Crippen LogP contribution in [-0.2, 0) is 17.8 Å². The van der Waals surface area contributed by atoms with E-state index < -0.39 is 30.1 Å². The lowest BCUT2D eigenvalue weighted by Gasteiger charge is -2.23. The van der Waals surface area contributed by atoms with E-state index in [1.54, 1.807) is 11.0 Å². The standard InChI is InChI=1S/C25H22FNO6/c26-20-8-4-7-19(25(29)30)24(20)31-15-23(28)27(12-11-17-5-2-1-3-6-17)14-18-9-10-21-22(13-18)33-16-32-21/h1-10,13H,11-12,14-16H2,(H,29,30). The molecular weight excluding hydrogens is 429 g/mol. The molecule has 0 unspecified atom stereocenters. The molecule has 1 N–H and O–H groups in total. The Bertz CT molecular complexity index is 1150. The first kappa shape index (κ1) is 22.1. The Morgan fingerprint density at radius 3 is 2.55 bits per heavy atom. The van der Waals surface area contributed by atoms with Gasteiger partial charge in [-0.25, -0.2) is 9.18 Å². The van der Waals surface area contributed by atoms with Crippen molar-refractivity contribution >= 4 is 11.9 Å². The van der Waals surface area contributed by atoms with Crippen LogP contribution in [0, 0.1) is 5.82 Å². The molecule has 1 aliphatic rings. The Morgan fingerprint density at radius 1 is 0.970 bits per heavy atom. The zero-order valence-electron chi connectivity index (χ0n) is 17.7. The van der Waals surface area contributed by atoms with Crippen molar-refractivity contribution in [3.05, 3.63) is 89.2 Å². The van der Waals surface area contributed by atoms with Crippen molar-refractivity contribution in [3.8, 4) is 17.2 Å². The van der Waals surface area contributed by atoms with E-state index in [0.29, 0.717) is 24.5 Å². The molecule has 0 bridgehead atoms. The van der Waals surface area contributed by atoms with Gasteiger partial charge in [-0.1, -0.05) is 42.5 Å². The third kappa shape index (κ3) is 5.41. The third-order valence-corrected chi connectivity index (χ3v) is 5.21. The monoisotopic (exact) mass is 451 g/mol. The van der Waals surface area contributed by atoms with Crippen LogP contribution in [0.1, 0.15) is 21.5 Å². The fraction of sp³-hybridized carbons (Fsp3) is 0.200. The predicted molar refractivity (Wildman–Crippen MR) is 117 cm³/mol. The average Bonchev–Trinajstić information content (AvgIpc) is 3.29. The number of amides is 1. The lowest BCUT2D eigenvalue weighted by atomic mass is 10.1. The Morgan fingerprint density at radius 2 is 1.76 bits per heavy atom. The lowest BCUT2D eigenvalue weighted by Crippen LogP contribution is -2.36. The smallest absolute Gasteiger partial charge is 0.339 e. The third-order valence-electron chi connectivity index (χ3n) is 5.21. The maximum absolute atomic E-state index is 14.2. The van der Waals surface area contributed by atoms with Gasteiger partial charge in [0, 0.05) is 13.1 Å². The summed E-state index contributed by atoms with van der Waals surface area (Å²) < 4.78 is 30.3. The van der Waals surface area contributed by atoms with Crippen LogP contribution in [0.3, 0.4) is 0 Å². The molecule has 170 valence electrons. The van der Waals surface area contributed by atoms with Gasteiger partial charge in [0.15, 0.2) is 29.7 Å². The van der Waals surface area contributed by atoms with Crippen LogP contribution in [0.2, 0.25) is 0 Å². The molecule has 0 saturated heterocycles. The second-order valence-electron chi connectivity index (χ2n) is 7.45. The first-order valence-corrected chi connectivity index (χ1v) is 10.4. The van der Waals surface area contributed by atoms with Crippen molar-refractivity contribution in [2.75, 3.05) is 19.9 Å². The normalized spacial score (nSPS) is 11.8. The number of ether oxygens (including phenoxy) is 3. The van der Waals surface area contributed by atoms with Crippen LogP contribution in [-0.4, -0.2) is 41.8 Å². The van der Waals surface area contributed by atoms with Gasteiger partial charge in [0.2, 0.25) is 6.79 Å². The second-order valence-corrected chi connectivity index (χ2v) is 7.45. The molecule has 1 amide bonds. The summed E-state index contributed by atoms with van der Waals surface area (Å²) in [6.45, 7) is 0.316. The molecule has 0 radical (unpaired) electrons. The van der Waals surface area contributed by atoms with Crippen LogP contribution in [0.15, 0.2) is 66.7 Å². The van der Waals surface area contributed by atoms with E-state index >= 15 is 0 Å². The summed E-state index contributed by atoms with van der Waals surface area (Å²) in [4.78, 5) is 26.0. The molecular formula is C25H22FNO6. The number of carbonyl (C=O) groups excluding carboxylic acids is 1. The molecule has 3 aromatic rings. The number of halogens is 1. The number of nitrogens with zero attached hydrogens (tertiary/aromatic N) is 1. The van der Waals surface area contributed by atoms with E-state index in [-0.39, 0.29) is 18.9 Å². The fourth-order valence-electron chi connectivity index (χ4n) is 3.51. The van der Waals surface area contributed by atoms with Crippen LogP contribution in [0.25, 0.3) is 0 Å². The van der Waals surface area contributed by atoms with Crippen molar-refractivity contribution in [2.45, 2.75) is 13.0 Å². The number of hydrogen-bond donors (Lipinski definition) is 1. The SMILES string of the molecule is O=C(O)c1cccc(F)c1OCC(=O)N(CCc1ccccc1)Cc1ccc2c(c1)OCO2. The van der Waals surface area contributed by atoms with Gasteiger partial charge in [-0.2, -0.15) is 0 Å². The molecule has 33 heavy (non-hydrogen) atoms. The number of aromatic carboxylic acids is 1. The van der Waals surface area contributed by atoms with Gasteiger partial charge in [0.05, 0.1) is 0 Å². The van der Waals surface area contributed by atoms with Crippen molar-refractivity contribution in [1.29, 1.82) is 0 Å². The maximum atomic E-state index is 14.2. The number of para-hydroxylation sites is 1. The van der Waals surface area contributed by atoms with E-state index in [4.69, 9.17) is 14.2 Å². The van der Waals surface area contributed by atoms with Crippen LogP contribution in [0.5, 0.6) is 17.2 Å². The first-order valence-electron chi connectivity index (χ1n) is 10.4. The van der Waals surface area contributed by atoms with Gasteiger partial charge >= 0.3 is 5.97 Å². The molecule has 0 aromatic heterocycles. The molecule has 7 nitrogen and oxygen atoms in total. The molecule has 0 fully saturated rings. The average molecular weight is 451 g/mol. The number of carboxylic acids is 1. The van der Waals surface area contributed by atoms with Crippen molar-refractivity contribution in [3.63, 3.8) is 0 Å². The summed E-state index contributed by atoms with van der Waals surface area (Å²) in [6.07, 6.45) is 0.608. The fourth-order valence-corrected chi connectivity index (χ4v) is 3.51. The summed E-state index contributed by atoms with van der Waals surface area (Å²) in [5.41, 5.74) is 1.55. The van der Waals surface area contributed by atoms with Gasteiger partial charge in [-0.15, -0.1) is 0 Å². The van der Waals surface area contributed by atoms with Gasteiger partial charge in [0.1, 0.15) is 5.56 Å². The largest absolute Gasteiger partial charge is 0.480 e. The molecule has 0 spiro atoms. The number of rotatable bonds is 9. The van der Waals surface area contributed by atoms with E-state index in [1.165, 1.54) is 12.1 Å². The highest BCUT2D eigenvalue weighted by atomic mass is 19.1. The molecule has 4 rings (SSSR count). The molecule has 3 aromatic carbocycles. The second kappa shape index (κ2) is 10.0. The quantitative estimate of drug-likeness (QED) is 0.531. The molecule has 0 atom stereocenters. The maximum Gasteiger partial charge on any atom is 0.339 e. The number of carbonyl (C=O) groups is 2.